The van der Waals surface area contributed by atoms with Gasteiger partial charge in [-0.05, 0) is 44.1 Å². The third-order valence-electron chi connectivity index (χ3n) is 4.52. The highest BCUT2D eigenvalue weighted by Crippen LogP contribution is 2.35. The van der Waals surface area contributed by atoms with Gasteiger partial charge >= 0.3 is 0 Å². The molecule has 2 N–H and O–H groups in total. The van der Waals surface area contributed by atoms with Crippen LogP contribution in [-0.4, -0.2) is 44.4 Å². The monoisotopic (exact) mass is 317 g/mol. The number of nitrogens with one attached hydrogen (secondary N) is 2. The van der Waals surface area contributed by atoms with E-state index in [0.717, 1.165) is 38.6 Å². The average molecular weight is 317 g/mol. The average Bonchev–Trinajstić information content (AvgIpc) is 3.14. The van der Waals surface area contributed by atoms with E-state index in [1.54, 1.807) is 4.31 Å². The first kappa shape index (κ1) is 17.2. The smallest absolute Gasteiger partial charge is 0.279 e. The van der Waals surface area contributed by atoms with Crippen LogP contribution in [0.2, 0.25) is 0 Å². The third kappa shape index (κ3) is 5.20. The second-order valence-corrected chi connectivity index (χ2v) is 8.65. The fraction of sp³-hybridized carbons (Fsp3) is 1.00. The van der Waals surface area contributed by atoms with Crippen molar-refractivity contribution in [2.45, 2.75) is 65.0 Å². The molecular formula is C15H31N3O2S. The Kier molecular flexibility index (Phi) is 6.05. The molecule has 1 saturated carbocycles. The molecule has 0 aromatic heterocycles. The van der Waals surface area contributed by atoms with Crippen LogP contribution in [0.4, 0.5) is 0 Å². The van der Waals surface area contributed by atoms with Gasteiger partial charge in [-0.1, -0.05) is 27.2 Å². The quantitative estimate of drug-likeness (QED) is 0.716. The number of nitrogens with zero attached hydrogens (tertiary/aromatic N) is 1. The molecule has 21 heavy (non-hydrogen) atoms. The van der Waals surface area contributed by atoms with Gasteiger partial charge in [-0.15, -0.1) is 0 Å². The van der Waals surface area contributed by atoms with Crippen molar-refractivity contribution < 1.29 is 8.42 Å². The minimum absolute atomic E-state index is 0.184. The largest absolute Gasteiger partial charge is 0.314 e. The zero-order valence-electron chi connectivity index (χ0n) is 13.6. The molecule has 0 aromatic carbocycles. The fourth-order valence-corrected chi connectivity index (χ4v) is 4.76. The Morgan fingerprint density at radius 3 is 2.76 bits per heavy atom. The molecule has 0 spiro atoms. The minimum Gasteiger partial charge on any atom is -0.314 e. The van der Waals surface area contributed by atoms with Gasteiger partial charge in [0.05, 0.1) is 0 Å². The first-order valence-corrected chi connectivity index (χ1v) is 9.87. The molecule has 1 aliphatic carbocycles. The highest BCUT2D eigenvalue weighted by molar-refractivity contribution is 7.87. The van der Waals surface area contributed by atoms with Crippen molar-refractivity contribution in [1.82, 2.24) is 14.3 Å². The minimum atomic E-state index is -3.29. The topological polar surface area (TPSA) is 61.4 Å². The van der Waals surface area contributed by atoms with E-state index < -0.39 is 10.2 Å². The summed E-state index contributed by atoms with van der Waals surface area (Å²) in [5.41, 5.74) is 0. The van der Waals surface area contributed by atoms with Gasteiger partial charge in [0.15, 0.2) is 0 Å². The molecule has 5 nitrogen and oxygen atoms in total. The maximum absolute atomic E-state index is 12.5. The van der Waals surface area contributed by atoms with Crippen molar-refractivity contribution in [2.24, 2.45) is 11.8 Å². The lowest BCUT2D eigenvalue weighted by atomic mass is 9.99. The summed E-state index contributed by atoms with van der Waals surface area (Å²) in [5.74, 6) is 0.997. The SMILES string of the molecule is CCCC1CC1NS(=O)(=O)N1CCCC(CNC(C)C)C1. The number of piperidine rings is 1. The first-order chi connectivity index (χ1) is 9.92. The van der Waals surface area contributed by atoms with Gasteiger partial charge in [0, 0.05) is 25.2 Å². The molecule has 0 bridgehead atoms. The van der Waals surface area contributed by atoms with Crippen molar-refractivity contribution in [2.75, 3.05) is 19.6 Å². The zero-order chi connectivity index (χ0) is 15.5. The Labute approximate surface area is 130 Å². The molecule has 1 heterocycles. The number of hydrogen-bond acceptors (Lipinski definition) is 3. The van der Waals surface area contributed by atoms with Crippen molar-refractivity contribution in [3.8, 4) is 0 Å². The molecule has 1 aliphatic heterocycles. The lowest BCUT2D eigenvalue weighted by molar-refractivity contribution is 0.254. The van der Waals surface area contributed by atoms with E-state index in [1.807, 2.05) is 0 Å². The van der Waals surface area contributed by atoms with Crippen molar-refractivity contribution in [3.05, 3.63) is 0 Å². The number of rotatable bonds is 8. The molecule has 124 valence electrons. The van der Waals surface area contributed by atoms with Gasteiger partial charge in [-0.25, -0.2) is 0 Å². The second kappa shape index (κ2) is 7.40. The third-order valence-corrected chi connectivity index (χ3v) is 6.13. The summed E-state index contributed by atoms with van der Waals surface area (Å²) < 4.78 is 29.5. The summed E-state index contributed by atoms with van der Waals surface area (Å²) in [6.07, 6.45) is 5.37. The molecule has 6 heteroatoms. The van der Waals surface area contributed by atoms with Gasteiger partial charge in [0.2, 0.25) is 0 Å². The molecule has 1 saturated heterocycles. The second-order valence-electron chi connectivity index (χ2n) is 6.94. The summed E-state index contributed by atoms with van der Waals surface area (Å²) in [6, 6.07) is 0.639. The molecule has 2 rings (SSSR count). The molecular weight excluding hydrogens is 286 g/mol. The van der Waals surface area contributed by atoms with Crippen LogP contribution >= 0.6 is 0 Å². The summed E-state index contributed by atoms with van der Waals surface area (Å²) in [5, 5.41) is 3.42. The fourth-order valence-electron chi connectivity index (χ4n) is 3.16. The number of hydrogen-bond donors (Lipinski definition) is 2. The molecule has 2 aliphatic rings. The van der Waals surface area contributed by atoms with E-state index in [1.165, 1.54) is 0 Å². The van der Waals surface area contributed by atoms with Crippen LogP contribution in [0.25, 0.3) is 0 Å². The van der Waals surface area contributed by atoms with Crippen LogP contribution in [-0.2, 0) is 10.2 Å². The zero-order valence-corrected chi connectivity index (χ0v) is 14.5. The van der Waals surface area contributed by atoms with Gasteiger partial charge < -0.3 is 5.32 Å². The van der Waals surface area contributed by atoms with E-state index >= 15 is 0 Å². The van der Waals surface area contributed by atoms with E-state index in [4.69, 9.17) is 0 Å². The van der Waals surface area contributed by atoms with E-state index in [-0.39, 0.29) is 6.04 Å². The maximum atomic E-state index is 12.5. The molecule has 0 radical (unpaired) electrons. The Morgan fingerprint density at radius 2 is 2.10 bits per heavy atom. The van der Waals surface area contributed by atoms with Crippen molar-refractivity contribution in [1.29, 1.82) is 0 Å². The van der Waals surface area contributed by atoms with Crippen LogP contribution in [0.3, 0.4) is 0 Å². The van der Waals surface area contributed by atoms with Crippen molar-refractivity contribution >= 4 is 10.2 Å². The summed E-state index contributed by atoms with van der Waals surface area (Å²) >= 11 is 0. The Bertz CT molecular complexity index is 425. The molecule has 3 atom stereocenters. The molecule has 0 amide bonds. The van der Waals surface area contributed by atoms with E-state index in [0.29, 0.717) is 31.0 Å². The van der Waals surface area contributed by atoms with Crippen LogP contribution in [0.1, 0.15) is 52.9 Å². The summed E-state index contributed by atoms with van der Waals surface area (Å²) in [7, 11) is -3.29. The highest BCUT2D eigenvalue weighted by Gasteiger charge is 2.41. The molecule has 0 aromatic rings. The predicted molar refractivity (Wildman–Crippen MR) is 86.3 cm³/mol. The Hall–Kier alpha value is -0.170. The Morgan fingerprint density at radius 1 is 1.33 bits per heavy atom. The van der Waals surface area contributed by atoms with Crippen LogP contribution in [0, 0.1) is 11.8 Å². The maximum Gasteiger partial charge on any atom is 0.279 e. The standard InChI is InChI=1S/C15H31N3O2S/c1-4-6-14-9-15(14)17-21(19,20)18-8-5-7-13(11-18)10-16-12(2)3/h12-17H,4-11H2,1-3H3. The van der Waals surface area contributed by atoms with Crippen LogP contribution in [0.5, 0.6) is 0 Å². The highest BCUT2D eigenvalue weighted by atomic mass is 32.2. The van der Waals surface area contributed by atoms with Gasteiger partial charge in [-0.3, -0.25) is 0 Å². The van der Waals surface area contributed by atoms with Gasteiger partial charge in [-0.2, -0.15) is 17.4 Å². The normalized spacial score (nSPS) is 30.8. The first-order valence-electron chi connectivity index (χ1n) is 8.43. The van der Waals surface area contributed by atoms with Gasteiger partial charge in [0.1, 0.15) is 0 Å². The molecule has 3 unspecified atom stereocenters. The van der Waals surface area contributed by atoms with Crippen molar-refractivity contribution in [3.63, 3.8) is 0 Å². The van der Waals surface area contributed by atoms with E-state index in [9.17, 15) is 8.42 Å². The summed E-state index contributed by atoms with van der Waals surface area (Å²) in [6.45, 7) is 8.63. The van der Waals surface area contributed by atoms with Crippen LogP contribution in [0.15, 0.2) is 0 Å². The molecule has 2 fully saturated rings. The van der Waals surface area contributed by atoms with Crippen LogP contribution < -0.4 is 10.0 Å². The predicted octanol–water partition coefficient (Wildman–Crippen LogP) is 1.72. The summed E-state index contributed by atoms with van der Waals surface area (Å²) in [4.78, 5) is 0. The van der Waals surface area contributed by atoms with Gasteiger partial charge in [0.25, 0.3) is 10.2 Å². The van der Waals surface area contributed by atoms with E-state index in [2.05, 4.69) is 30.8 Å². The Balaban J connectivity index is 1.82. The lowest BCUT2D eigenvalue weighted by Crippen LogP contribution is -2.48. The lowest BCUT2D eigenvalue weighted by Gasteiger charge is -2.32.